The van der Waals surface area contributed by atoms with Crippen LogP contribution in [0.25, 0.3) is 0 Å². The Hall–Kier alpha value is -2.00. The molecular formula is C31H46ClNO2. The average Bonchev–Trinajstić information content (AvgIpc) is 2.86. The molecule has 2 aromatic rings. The van der Waals surface area contributed by atoms with Gasteiger partial charge in [-0.3, -0.25) is 4.79 Å². The summed E-state index contributed by atoms with van der Waals surface area (Å²) in [6.07, 6.45) is 23.3. The zero-order valence-corrected chi connectivity index (χ0v) is 22.6. The summed E-state index contributed by atoms with van der Waals surface area (Å²) in [5.41, 5.74) is 2.49. The van der Waals surface area contributed by atoms with Gasteiger partial charge in [-0.25, -0.2) is 0 Å². The molecule has 0 heterocycles. The maximum Gasteiger partial charge on any atom is 0.255 e. The standard InChI is InChI=1S/C31H46ClNO2/c1-2-3-4-5-6-7-8-9-10-11-12-13-14-15-16-17-18-26-19-22-28(23-20-26)33-31(35)27-21-24-30(34)29(32)25-27/h19-25,34H,2-18H2,1H3,(H,33,35). The van der Waals surface area contributed by atoms with Gasteiger partial charge in [0.25, 0.3) is 5.91 Å². The van der Waals surface area contributed by atoms with E-state index in [9.17, 15) is 9.90 Å². The number of benzene rings is 2. The molecule has 1 amide bonds. The molecule has 194 valence electrons. The van der Waals surface area contributed by atoms with Crippen LogP contribution in [0.4, 0.5) is 5.69 Å². The van der Waals surface area contributed by atoms with Crippen molar-refractivity contribution in [3.05, 3.63) is 58.6 Å². The van der Waals surface area contributed by atoms with Gasteiger partial charge in [0.2, 0.25) is 0 Å². The molecule has 0 bridgehead atoms. The minimum atomic E-state index is -0.238. The van der Waals surface area contributed by atoms with Crippen LogP contribution in [0, 0.1) is 0 Å². The zero-order chi connectivity index (χ0) is 25.1. The molecule has 0 fully saturated rings. The van der Waals surface area contributed by atoms with Crippen LogP contribution in [0.1, 0.15) is 126 Å². The van der Waals surface area contributed by atoms with Crippen molar-refractivity contribution >= 4 is 23.2 Å². The van der Waals surface area contributed by atoms with Gasteiger partial charge in [-0.1, -0.05) is 127 Å². The number of nitrogens with one attached hydrogen (secondary N) is 1. The van der Waals surface area contributed by atoms with E-state index in [1.807, 2.05) is 12.1 Å². The molecule has 0 radical (unpaired) electrons. The summed E-state index contributed by atoms with van der Waals surface area (Å²) in [6.45, 7) is 2.28. The SMILES string of the molecule is CCCCCCCCCCCCCCCCCCc1ccc(NC(=O)c2ccc(O)c(Cl)c2)cc1. The molecular weight excluding hydrogens is 454 g/mol. The molecule has 0 saturated heterocycles. The fourth-order valence-electron chi connectivity index (χ4n) is 4.48. The first-order valence-corrected chi connectivity index (χ1v) is 14.4. The molecule has 0 atom stereocenters. The Bertz CT molecular complexity index is 834. The summed E-state index contributed by atoms with van der Waals surface area (Å²) in [6, 6.07) is 12.5. The number of phenols is 1. The fourth-order valence-corrected chi connectivity index (χ4v) is 4.66. The quantitative estimate of drug-likeness (QED) is 0.189. The van der Waals surface area contributed by atoms with Crippen molar-refractivity contribution in [2.75, 3.05) is 5.32 Å². The lowest BCUT2D eigenvalue weighted by atomic mass is 10.0. The summed E-state index contributed by atoms with van der Waals surface area (Å²) in [7, 11) is 0. The molecule has 0 unspecified atom stereocenters. The Morgan fingerprint density at radius 3 is 1.69 bits per heavy atom. The lowest BCUT2D eigenvalue weighted by Crippen LogP contribution is -2.11. The van der Waals surface area contributed by atoms with Crippen molar-refractivity contribution in [1.29, 1.82) is 0 Å². The van der Waals surface area contributed by atoms with Crippen LogP contribution in [-0.4, -0.2) is 11.0 Å². The zero-order valence-electron chi connectivity index (χ0n) is 21.8. The highest BCUT2D eigenvalue weighted by molar-refractivity contribution is 6.32. The fraction of sp³-hybridized carbons (Fsp3) is 0.581. The number of hydrogen-bond donors (Lipinski definition) is 2. The molecule has 0 aromatic heterocycles. The lowest BCUT2D eigenvalue weighted by molar-refractivity contribution is 0.102. The van der Waals surface area contributed by atoms with Gasteiger partial charge in [0.1, 0.15) is 5.75 Å². The second-order valence-corrected chi connectivity index (χ2v) is 10.3. The van der Waals surface area contributed by atoms with E-state index in [-0.39, 0.29) is 16.7 Å². The van der Waals surface area contributed by atoms with Crippen molar-refractivity contribution in [3.8, 4) is 5.75 Å². The number of aromatic hydroxyl groups is 1. The third kappa shape index (κ3) is 13.0. The van der Waals surface area contributed by atoms with Crippen molar-refractivity contribution in [3.63, 3.8) is 0 Å². The Morgan fingerprint density at radius 1 is 0.714 bits per heavy atom. The van der Waals surface area contributed by atoms with E-state index in [1.54, 1.807) is 6.07 Å². The van der Waals surface area contributed by atoms with Crippen LogP contribution in [-0.2, 0) is 6.42 Å². The van der Waals surface area contributed by atoms with Crippen LogP contribution in [0.5, 0.6) is 5.75 Å². The number of halogens is 1. The number of unbranched alkanes of at least 4 members (excludes halogenated alkanes) is 15. The number of aryl methyl sites for hydroxylation is 1. The molecule has 2 aromatic carbocycles. The topological polar surface area (TPSA) is 49.3 Å². The molecule has 4 heteroatoms. The Morgan fingerprint density at radius 2 is 1.20 bits per heavy atom. The molecule has 0 aliphatic heterocycles. The first-order chi connectivity index (χ1) is 17.1. The molecule has 3 nitrogen and oxygen atoms in total. The van der Waals surface area contributed by atoms with Crippen LogP contribution in [0.3, 0.4) is 0 Å². The first kappa shape index (κ1) is 29.2. The van der Waals surface area contributed by atoms with Crippen LogP contribution in [0.2, 0.25) is 5.02 Å². The molecule has 2 N–H and O–H groups in total. The molecule has 0 aliphatic rings. The smallest absolute Gasteiger partial charge is 0.255 e. The first-order valence-electron chi connectivity index (χ1n) is 14.0. The average molecular weight is 500 g/mol. The van der Waals surface area contributed by atoms with E-state index >= 15 is 0 Å². The second-order valence-electron chi connectivity index (χ2n) is 9.87. The van der Waals surface area contributed by atoms with E-state index in [0.717, 1.165) is 12.1 Å². The molecule has 35 heavy (non-hydrogen) atoms. The number of amides is 1. The molecule has 2 rings (SSSR count). The lowest BCUT2D eigenvalue weighted by Gasteiger charge is -2.08. The Labute approximate surface area is 218 Å². The molecule has 0 aliphatic carbocycles. The van der Waals surface area contributed by atoms with Crippen molar-refractivity contribution in [1.82, 2.24) is 0 Å². The van der Waals surface area contributed by atoms with Crippen LogP contribution in [0.15, 0.2) is 42.5 Å². The second kappa shape index (κ2) is 18.3. The highest BCUT2D eigenvalue weighted by Crippen LogP contribution is 2.24. The van der Waals surface area contributed by atoms with Crippen LogP contribution < -0.4 is 5.32 Å². The van der Waals surface area contributed by atoms with Gasteiger partial charge >= 0.3 is 0 Å². The normalized spacial score (nSPS) is 11.0. The predicted octanol–water partition coefficient (Wildman–Crippen LogP) is 10.1. The molecule has 0 spiro atoms. The minimum Gasteiger partial charge on any atom is -0.506 e. The van der Waals surface area contributed by atoms with E-state index < -0.39 is 0 Å². The summed E-state index contributed by atoms with van der Waals surface area (Å²) >= 11 is 5.89. The predicted molar refractivity (Wildman–Crippen MR) is 151 cm³/mol. The maximum absolute atomic E-state index is 12.3. The maximum atomic E-state index is 12.3. The number of phenolic OH excluding ortho intramolecular Hbond substituents is 1. The summed E-state index contributed by atoms with van der Waals surface area (Å²) in [5.74, 6) is -0.265. The highest BCUT2D eigenvalue weighted by atomic mass is 35.5. The number of carbonyl (C=O) groups is 1. The van der Waals surface area contributed by atoms with Crippen molar-refractivity contribution < 1.29 is 9.90 Å². The third-order valence-electron chi connectivity index (χ3n) is 6.74. The Balaban J connectivity index is 1.45. The third-order valence-corrected chi connectivity index (χ3v) is 7.04. The summed E-state index contributed by atoms with van der Waals surface area (Å²) in [5, 5.41) is 12.5. The molecule has 0 saturated carbocycles. The Kier molecular flexibility index (Phi) is 15.3. The van der Waals surface area contributed by atoms with Gasteiger partial charge in [-0.15, -0.1) is 0 Å². The van der Waals surface area contributed by atoms with E-state index in [4.69, 9.17) is 11.6 Å². The van der Waals surface area contributed by atoms with E-state index in [0.29, 0.717) is 5.56 Å². The van der Waals surface area contributed by atoms with Gasteiger partial charge < -0.3 is 10.4 Å². The van der Waals surface area contributed by atoms with Crippen LogP contribution >= 0.6 is 11.6 Å². The summed E-state index contributed by atoms with van der Waals surface area (Å²) in [4.78, 5) is 12.3. The van der Waals surface area contributed by atoms with Crippen molar-refractivity contribution in [2.24, 2.45) is 0 Å². The van der Waals surface area contributed by atoms with E-state index in [2.05, 4.69) is 24.4 Å². The number of carbonyl (C=O) groups excluding carboxylic acids is 1. The van der Waals surface area contributed by atoms with Gasteiger partial charge in [-0.2, -0.15) is 0 Å². The number of rotatable bonds is 19. The van der Waals surface area contributed by atoms with Gasteiger partial charge in [0, 0.05) is 11.3 Å². The minimum absolute atomic E-state index is 0.0262. The van der Waals surface area contributed by atoms with Crippen molar-refractivity contribution in [2.45, 2.75) is 116 Å². The van der Waals surface area contributed by atoms with Gasteiger partial charge in [0.05, 0.1) is 5.02 Å². The van der Waals surface area contributed by atoms with Gasteiger partial charge in [0.15, 0.2) is 0 Å². The van der Waals surface area contributed by atoms with Gasteiger partial charge in [-0.05, 0) is 48.7 Å². The number of hydrogen-bond acceptors (Lipinski definition) is 2. The summed E-state index contributed by atoms with van der Waals surface area (Å²) < 4.78 is 0. The monoisotopic (exact) mass is 499 g/mol. The largest absolute Gasteiger partial charge is 0.506 e. The highest BCUT2D eigenvalue weighted by Gasteiger charge is 2.09. The number of anilines is 1. The van der Waals surface area contributed by atoms with E-state index in [1.165, 1.54) is 120 Å².